The van der Waals surface area contributed by atoms with Gasteiger partial charge in [0.05, 0.1) is 12.1 Å². The number of fused-ring (bicyclic) bond motifs is 1. The van der Waals surface area contributed by atoms with Crippen LogP contribution in [0.5, 0.6) is 0 Å². The van der Waals surface area contributed by atoms with Gasteiger partial charge in [-0.05, 0) is 44.2 Å². The third-order valence-electron chi connectivity index (χ3n) is 6.66. The first-order valence-corrected chi connectivity index (χ1v) is 14.0. The van der Waals surface area contributed by atoms with Crippen molar-refractivity contribution in [3.05, 3.63) is 36.0 Å². The Labute approximate surface area is 254 Å². The van der Waals surface area contributed by atoms with Crippen LogP contribution in [-0.2, 0) is 25.6 Å². The lowest BCUT2D eigenvalue weighted by Crippen LogP contribution is -2.58. The molecule has 0 saturated carbocycles. The van der Waals surface area contributed by atoms with E-state index in [9.17, 15) is 29.4 Å². The zero-order chi connectivity index (χ0) is 32.8. The molecule has 0 spiro atoms. The van der Waals surface area contributed by atoms with Gasteiger partial charge in [0.15, 0.2) is 18.0 Å². The highest BCUT2D eigenvalue weighted by Crippen LogP contribution is 2.19. The third-order valence-corrected chi connectivity index (χ3v) is 6.66. The van der Waals surface area contributed by atoms with Crippen LogP contribution in [0.3, 0.4) is 0 Å². The molecule has 0 saturated heterocycles. The molecule has 1 heterocycles. The second kappa shape index (κ2) is 17.3. The van der Waals surface area contributed by atoms with Gasteiger partial charge in [0.2, 0.25) is 17.7 Å². The number of benzene rings is 1. The number of hydrogen-bond donors (Lipinski definition) is 11. The fraction of sp³-hybridized carbons (Fsp3) is 0.481. The van der Waals surface area contributed by atoms with Gasteiger partial charge in [0.1, 0.15) is 12.1 Å². The number of guanidine groups is 2. The van der Waals surface area contributed by atoms with Crippen molar-refractivity contribution in [1.82, 2.24) is 20.9 Å². The second-order valence-electron chi connectivity index (χ2n) is 10.3. The number of carbonyl (C=O) groups is 4. The fourth-order valence-electron chi connectivity index (χ4n) is 4.35. The average Bonchev–Trinajstić information content (AvgIpc) is 3.36. The number of carboxylic acids is 1. The van der Waals surface area contributed by atoms with E-state index in [1.807, 2.05) is 24.3 Å². The molecule has 1 aromatic carbocycles. The first kappa shape index (κ1) is 35.3. The first-order chi connectivity index (χ1) is 20.8. The number of aliphatic imine (C=N–C) groups is 2. The zero-order valence-electron chi connectivity index (χ0n) is 24.5. The van der Waals surface area contributed by atoms with Crippen LogP contribution >= 0.6 is 0 Å². The summed E-state index contributed by atoms with van der Waals surface area (Å²) in [6, 6.07) is 2.35. The number of aliphatic hydroxyl groups is 1. The molecule has 2 rings (SSSR count). The van der Waals surface area contributed by atoms with E-state index in [0.717, 1.165) is 16.5 Å². The largest absolute Gasteiger partial charge is 0.480 e. The summed E-state index contributed by atoms with van der Waals surface area (Å²) in [6.07, 6.45) is 1.23. The highest BCUT2D eigenvalue weighted by atomic mass is 16.4. The number of para-hydroxylation sites is 1. The predicted molar refractivity (Wildman–Crippen MR) is 165 cm³/mol. The molecule has 0 bridgehead atoms. The second-order valence-corrected chi connectivity index (χ2v) is 10.3. The molecule has 0 aliphatic heterocycles. The molecule has 44 heavy (non-hydrogen) atoms. The van der Waals surface area contributed by atoms with Crippen LogP contribution in [0.1, 0.15) is 38.2 Å². The Bertz CT molecular complexity index is 1330. The Balaban J connectivity index is 2.30. The standard InChI is InChI=1S/C27H43N11O6/c1-14(39)21(25(43)44)38-23(41)19(9-5-11-34-27(31)32)36-24(42)20(12-15-13-35-18-8-3-2-6-16(15)18)37-22(40)17(28)7-4-10-33-26(29)30/h2-3,6,8,13-14,17,19-21,35,39H,4-5,7,9-12,28H2,1H3,(H,36,42)(H,37,40)(H,38,41)(H,43,44)(H4,29,30,33)(H4,31,32,34). The van der Waals surface area contributed by atoms with E-state index in [1.165, 1.54) is 6.92 Å². The summed E-state index contributed by atoms with van der Waals surface area (Å²) in [5, 5.41) is 27.6. The molecule has 0 aliphatic rings. The molecule has 0 radical (unpaired) electrons. The summed E-state index contributed by atoms with van der Waals surface area (Å²) < 4.78 is 0. The Hall–Kier alpha value is -4.90. The molecule has 3 amide bonds. The Morgan fingerprint density at radius 3 is 2.02 bits per heavy atom. The minimum absolute atomic E-state index is 0.0125. The summed E-state index contributed by atoms with van der Waals surface area (Å²) in [7, 11) is 0. The number of aromatic amines is 1. The molecule has 5 atom stereocenters. The number of aliphatic carboxylic acids is 1. The highest BCUT2D eigenvalue weighted by Gasteiger charge is 2.32. The quantitative estimate of drug-likeness (QED) is 0.0456. The summed E-state index contributed by atoms with van der Waals surface area (Å²) in [5.41, 5.74) is 29.0. The maximum Gasteiger partial charge on any atom is 0.328 e. The van der Waals surface area contributed by atoms with Crippen molar-refractivity contribution in [2.75, 3.05) is 13.1 Å². The molecule has 17 nitrogen and oxygen atoms in total. The summed E-state index contributed by atoms with van der Waals surface area (Å²) in [4.78, 5) is 62.3. The van der Waals surface area contributed by atoms with Crippen LogP contribution in [-0.4, -0.2) is 94.2 Å². The molecule has 1 aromatic heterocycles. The number of hydrogen-bond acceptors (Lipinski definition) is 8. The number of aromatic nitrogens is 1. The Morgan fingerprint density at radius 1 is 0.864 bits per heavy atom. The van der Waals surface area contributed by atoms with Crippen molar-refractivity contribution in [2.45, 2.75) is 69.3 Å². The zero-order valence-corrected chi connectivity index (χ0v) is 24.5. The number of carbonyl (C=O) groups excluding carboxylic acids is 3. The maximum absolute atomic E-state index is 13.7. The van der Waals surface area contributed by atoms with Gasteiger partial charge >= 0.3 is 5.97 Å². The minimum Gasteiger partial charge on any atom is -0.480 e. The summed E-state index contributed by atoms with van der Waals surface area (Å²) in [6.45, 7) is 1.60. The maximum atomic E-state index is 13.7. The first-order valence-electron chi connectivity index (χ1n) is 14.0. The lowest BCUT2D eigenvalue weighted by atomic mass is 10.0. The smallest absolute Gasteiger partial charge is 0.328 e. The van der Waals surface area contributed by atoms with E-state index in [0.29, 0.717) is 6.42 Å². The fourth-order valence-corrected chi connectivity index (χ4v) is 4.35. The molecule has 242 valence electrons. The van der Waals surface area contributed by atoms with Gasteiger partial charge in [-0.15, -0.1) is 0 Å². The molecular weight excluding hydrogens is 574 g/mol. The van der Waals surface area contributed by atoms with E-state index in [1.54, 1.807) is 6.20 Å². The van der Waals surface area contributed by atoms with Crippen molar-refractivity contribution < 1.29 is 29.4 Å². The number of rotatable bonds is 18. The van der Waals surface area contributed by atoms with E-state index < -0.39 is 54.0 Å². The van der Waals surface area contributed by atoms with Crippen LogP contribution in [0, 0.1) is 0 Å². The Kier molecular flexibility index (Phi) is 13.9. The van der Waals surface area contributed by atoms with Gasteiger partial charge < -0.3 is 59.8 Å². The lowest BCUT2D eigenvalue weighted by Gasteiger charge is -2.26. The number of nitrogens with zero attached hydrogens (tertiary/aromatic N) is 2. The molecule has 5 unspecified atom stereocenters. The number of carboxylic acid groups (broad SMARTS) is 1. The van der Waals surface area contributed by atoms with Gasteiger partial charge in [-0.1, -0.05) is 18.2 Å². The SMILES string of the molecule is CC(O)C(NC(=O)C(CCCN=C(N)N)NC(=O)C(Cc1c[nH]c2ccccc12)NC(=O)C(N)CCCN=C(N)N)C(=O)O. The van der Waals surface area contributed by atoms with Gasteiger partial charge in [0, 0.05) is 36.6 Å². The molecule has 2 aromatic rings. The number of nitrogens with one attached hydrogen (secondary N) is 4. The average molecular weight is 618 g/mol. The third kappa shape index (κ3) is 11.4. The van der Waals surface area contributed by atoms with E-state index in [-0.39, 0.29) is 50.7 Å². The monoisotopic (exact) mass is 617 g/mol. The van der Waals surface area contributed by atoms with Gasteiger partial charge in [0.25, 0.3) is 0 Å². The number of H-pyrrole nitrogens is 1. The predicted octanol–water partition coefficient (Wildman–Crippen LogP) is -2.94. The van der Waals surface area contributed by atoms with Crippen LogP contribution in [0.4, 0.5) is 0 Å². The van der Waals surface area contributed by atoms with Crippen LogP contribution in [0.25, 0.3) is 10.9 Å². The normalized spacial score (nSPS) is 14.3. The van der Waals surface area contributed by atoms with Gasteiger partial charge in [-0.25, -0.2) is 4.79 Å². The van der Waals surface area contributed by atoms with Crippen molar-refractivity contribution in [1.29, 1.82) is 0 Å². The molecule has 0 aliphatic carbocycles. The van der Waals surface area contributed by atoms with Crippen molar-refractivity contribution in [3.8, 4) is 0 Å². The number of amides is 3. The summed E-state index contributed by atoms with van der Waals surface area (Å²) in [5.74, 6) is -3.89. The molecule has 0 fully saturated rings. The van der Waals surface area contributed by atoms with Gasteiger partial charge in [-0.3, -0.25) is 24.4 Å². The van der Waals surface area contributed by atoms with E-state index in [4.69, 9.17) is 28.7 Å². The minimum atomic E-state index is -1.63. The summed E-state index contributed by atoms with van der Waals surface area (Å²) >= 11 is 0. The van der Waals surface area contributed by atoms with Crippen LogP contribution < -0.4 is 44.6 Å². The highest BCUT2D eigenvalue weighted by molar-refractivity contribution is 5.95. The van der Waals surface area contributed by atoms with E-state index >= 15 is 0 Å². The van der Waals surface area contributed by atoms with Crippen molar-refractivity contribution in [3.63, 3.8) is 0 Å². The van der Waals surface area contributed by atoms with Crippen LogP contribution in [0.15, 0.2) is 40.4 Å². The van der Waals surface area contributed by atoms with Gasteiger partial charge in [-0.2, -0.15) is 0 Å². The molecule has 16 N–H and O–H groups in total. The number of nitrogens with two attached hydrogens (primary N) is 5. The van der Waals surface area contributed by atoms with E-state index in [2.05, 4.69) is 30.9 Å². The van der Waals surface area contributed by atoms with Crippen LogP contribution in [0.2, 0.25) is 0 Å². The Morgan fingerprint density at radius 2 is 1.43 bits per heavy atom. The van der Waals surface area contributed by atoms with Crippen molar-refractivity contribution >= 4 is 46.5 Å². The topological polar surface area (TPSA) is 315 Å². The van der Waals surface area contributed by atoms with Crippen molar-refractivity contribution in [2.24, 2.45) is 38.7 Å². The number of aliphatic hydroxyl groups excluding tert-OH is 1. The molecular formula is C27H43N11O6. The lowest BCUT2D eigenvalue weighted by molar-refractivity contribution is -0.145. The molecule has 17 heteroatoms.